The van der Waals surface area contributed by atoms with Gasteiger partial charge in [0.1, 0.15) is 0 Å². The fourth-order valence-corrected chi connectivity index (χ4v) is 3.52. The van der Waals surface area contributed by atoms with Crippen molar-refractivity contribution in [3.8, 4) is 0 Å². The van der Waals surface area contributed by atoms with Gasteiger partial charge in [-0.3, -0.25) is 4.79 Å². The largest absolute Gasteiger partial charge is 0.459 e. The van der Waals surface area contributed by atoms with Crippen LogP contribution in [-0.2, 0) is 9.47 Å². The lowest BCUT2D eigenvalue weighted by Gasteiger charge is -2.50. The Morgan fingerprint density at radius 3 is 3.25 bits per heavy atom. The molecule has 5 nitrogen and oxygen atoms in total. The lowest BCUT2D eigenvalue weighted by atomic mass is 9.73. The number of piperidine rings is 1. The number of ether oxygens (including phenoxy) is 2. The van der Waals surface area contributed by atoms with E-state index < -0.39 is 0 Å². The summed E-state index contributed by atoms with van der Waals surface area (Å²) in [6.07, 6.45) is 4.69. The number of furan rings is 1. The molecular weight excluding hydrogens is 258 g/mol. The molecule has 20 heavy (non-hydrogen) atoms. The van der Waals surface area contributed by atoms with Gasteiger partial charge in [-0.2, -0.15) is 0 Å². The van der Waals surface area contributed by atoms with Crippen LogP contribution in [-0.4, -0.2) is 50.3 Å². The van der Waals surface area contributed by atoms with Crippen LogP contribution in [0.5, 0.6) is 0 Å². The highest BCUT2D eigenvalue weighted by Crippen LogP contribution is 2.40. The average molecular weight is 279 g/mol. The van der Waals surface area contributed by atoms with E-state index in [1.165, 1.54) is 6.26 Å². The normalized spacial score (nSPS) is 30.1. The Morgan fingerprint density at radius 2 is 2.50 bits per heavy atom. The van der Waals surface area contributed by atoms with Crippen LogP contribution in [0.4, 0.5) is 0 Å². The van der Waals surface area contributed by atoms with Gasteiger partial charge in [0.05, 0.1) is 19.0 Å². The summed E-state index contributed by atoms with van der Waals surface area (Å²) in [7, 11) is 1.72. The number of hydrogen-bond donors (Lipinski definition) is 0. The molecule has 0 N–H and O–H groups in total. The first-order valence-electron chi connectivity index (χ1n) is 7.18. The molecule has 2 aliphatic rings. The van der Waals surface area contributed by atoms with Crippen LogP contribution in [0.25, 0.3) is 0 Å². The Balaban J connectivity index is 1.77. The fraction of sp³-hybridized carbons (Fsp3) is 0.667. The topological polar surface area (TPSA) is 51.9 Å². The summed E-state index contributed by atoms with van der Waals surface area (Å²) in [4.78, 5) is 14.3. The third kappa shape index (κ3) is 2.36. The Hall–Kier alpha value is -1.33. The van der Waals surface area contributed by atoms with E-state index in [9.17, 15) is 4.79 Å². The molecule has 3 heterocycles. The number of methoxy groups -OCH3 is 1. The van der Waals surface area contributed by atoms with Crippen molar-refractivity contribution in [2.75, 3.05) is 33.4 Å². The lowest BCUT2D eigenvalue weighted by Crippen LogP contribution is -2.58. The molecule has 0 aromatic carbocycles. The molecule has 0 spiro atoms. The first kappa shape index (κ1) is 13.6. The van der Waals surface area contributed by atoms with Gasteiger partial charge in [0, 0.05) is 32.2 Å². The molecule has 0 saturated carbocycles. The number of nitrogens with zero attached hydrogens (tertiary/aromatic N) is 1. The van der Waals surface area contributed by atoms with E-state index in [0.717, 1.165) is 32.4 Å². The van der Waals surface area contributed by atoms with Crippen molar-refractivity contribution in [2.45, 2.75) is 25.4 Å². The summed E-state index contributed by atoms with van der Waals surface area (Å²) in [6.45, 7) is 2.86. The maximum absolute atomic E-state index is 12.4. The number of carbonyl (C=O) groups is 1. The number of hydrogen-bond acceptors (Lipinski definition) is 4. The molecule has 3 rings (SSSR count). The minimum Gasteiger partial charge on any atom is -0.459 e. The molecule has 2 aliphatic heterocycles. The molecular formula is C15H21NO4. The quantitative estimate of drug-likeness (QED) is 0.848. The van der Waals surface area contributed by atoms with Gasteiger partial charge in [0.2, 0.25) is 0 Å². The predicted molar refractivity (Wildman–Crippen MR) is 72.5 cm³/mol. The highest BCUT2D eigenvalue weighted by molar-refractivity contribution is 5.91. The van der Waals surface area contributed by atoms with Gasteiger partial charge in [-0.05, 0) is 31.4 Å². The Labute approximate surface area is 118 Å². The second-order valence-corrected chi connectivity index (χ2v) is 5.75. The monoisotopic (exact) mass is 279 g/mol. The maximum atomic E-state index is 12.4. The van der Waals surface area contributed by atoms with Gasteiger partial charge in [-0.25, -0.2) is 0 Å². The molecule has 1 amide bonds. The number of carbonyl (C=O) groups excluding carboxylic acids is 1. The van der Waals surface area contributed by atoms with Crippen molar-refractivity contribution in [2.24, 2.45) is 5.41 Å². The minimum absolute atomic E-state index is 0.0329. The highest BCUT2D eigenvalue weighted by Gasteiger charge is 2.47. The smallest absolute Gasteiger partial charge is 0.289 e. The van der Waals surface area contributed by atoms with Gasteiger partial charge >= 0.3 is 0 Å². The van der Waals surface area contributed by atoms with Crippen LogP contribution in [0.1, 0.15) is 29.8 Å². The van der Waals surface area contributed by atoms with Crippen molar-refractivity contribution in [3.63, 3.8) is 0 Å². The number of rotatable bonds is 3. The van der Waals surface area contributed by atoms with Gasteiger partial charge in [-0.1, -0.05) is 0 Å². The van der Waals surface area contributed by atoms with Gasteiger partial charge in [0.15, 0.2) is 5.76 Å². The summed E-state index contributed by atoms with van der Waals surface area (Å²) in [6, 6.07) is 3.46. The Bertz CT molecular complexity index is 454. The molecule has 0 bridgehead atoms. The summed E-state index contributed by atoms with van der Waals surface area (Å²) in [5.41, 5.74) is -0.0620. The zero-order valence-electron chi connectivity index (χ0n) is 11.8. The molecule has 0 radical (unpaired) electrons. The van der Waals surface area contributed by atoms with E-state index in [0.29, 0.717) is 18.9 Å². The molecule has 0 aliphatic carbocycles. The van der Waals surface area contributed by atoms with Crippen molar-refractivity contribution < 1.29 is 18.7 Å². The van der Waals surface area contributed by atoms with E-state index in [2.05, 4.69) is 0 Å². The van der Waals surface area contributed by atoms with Crippen molar-refractivity contribution >= 4 is 5.91 Å². The molecule has 1 aromatic heterocycles. The zero-order valence-corrected chi connectivity index (χ0v) is 11.8. The molecule has 0 unspecified atom stereocenters. The van der Waals surface area contributed by atoms with Crippen molar-refractivity contribution in [1.29, 1.82) is 0 Å². The SMILES string of the molecule is COC[C@@]12CCCO[C@H]1CCN(C(=O)c1ccco1)C2. The lowest BCUT2D eigenvalue weighted by molar-refractivity contribution is -0.142. The van der Waals surface area contributed by atoms with E-state index in [-0.39, 0.29) is 17.4 Å². The Kier molecular flexibility index (Phi) is 3.81. The molecule has 2 saturated heterocycles. The van der Waals surface area contributed by atoms with Crippen LogP contribution in [0.15, 0.2) is 22.8 Å². The second kappa shape index (κ2) is 5.58. The van der Waals surface area contributed by atoms with Gasteiger partial charge in [-0.15, -0.1) is 0 Å². The Morgan fingerprint density at radius 1 is 1.60 bits per heavy atom. The summed E-state index contributed by atoms with van der Waals surface area (Å²) in [5, 5.41) is 0. The van der Waals surface area contributed by atoms with Crippen LogP contribution >= 0.6 is 0 Å². The van der Waals surface area contributed by atoms with E-state index in [1.54, 1.807) is 19.2 Å². The van der Waals surface area contributed by atoms with E-state index >= 15 is 0 Å². The molecule has 2 atom stereocenters. The first-order chi connectivity index (χ1) is 9.75. The van der Waals surface area contributed by atoms with Crippen molar-refractivity contribution in [3.05, 3.63) is 24.2 Å². The summed E-state index contributed by atoms with van der Waals surface area (Å²) in [5.74, 6) is 0.377. The van der Waals surface area contributed by atoms with E-state index in [4.69, 9.17) is 13.9 Å². The first-order valence-corrected chi connectivity index (χ1v) is 7.18. The number of fused-ring (bicyclic) bond motifs is 1. The zero-order chi connectivity index (χ0) is 14.0. The minimum atomic E-state index is -0.0620. The molecule has 110 valence electrons. The molecule has 1 aromatic rings. The summed E-state index contributed by atoms with van der Waals surface area (Å²) >= 11 is 0. The number of amides is 1. The molecule has 2 fully saturated rings. The van der Waals surface area contributed by atoms with E-state index in [1.807, 2.05) is 4.90 Å². The second-order valence-electron chi connectivity index (χ2n) is 5.75. The predicted octanol–water partition coefficient (Wildman–Crippen LogP) is 1.94. The highest BCUT2D eigenvalue weighted by atomic mass is 16.5. The van der Waals surface area contributed by atoms with Crippen molar-refractivity contribution in [1.82, 2.24) is 4.90 Å². The van der Waals surface area contributed by atoms with Crippen LogP contribution in [0, 0.1) is 5.41 Å². The van der Waals surface area contributed by atoms with Crippen LogP contribution in [0.2, 0.25) is 0 Å². The van der Waals surface area contributed by atoms with Crippen LogP contribution < -0.4 is 0 Å². The fourth-order valence-electron chi connectivity index (χ4n) is 3.52. The average Bonchev–Trinajstić information content (AvgIpc) is 3.00. The van der Waals surface area contributed by atoms with Gasteiger partial charge < -0.3 is 18.8 Å². The summed E-state index contributed by atoms with van der Waals surface area (Å²) < 4.78 is 16.6. The van der Waals surface area contributed by atoms with Crippen LogP contribution in [0.3, 0.4) is 0 Å². The van der Waals surface area contributed by atoms with Gasteiger partial charge in [0.25, 0.3) is 5.91 Å². The molecule has 5 heteroatoms. The third-order valence-corrected chi connectivity index (χ3v) is 4.44. The third-order valence-electron chi connectivity index (χ3n) is 4.44. The standard InChI is InChI=1S/C15H21NO4/c1-18-11-15-6-3-9-20-13(15)5-7-16(10-15)14(17)12-4-2-8-19-12/h2,4,8,13H,3,5-7,9-11H2,1H3/t13-,15-/m0/s1. The maximum Gasteiger partial charge on any atom is 0.289 e. The number of likely N-dealkylation sites (tertiary alicyclic amines) is 1.